The summed E-state index contributed by atoms with van der Waals surface area (Å²) in [5.74, 6) is -1.65. The number of nitriles is 1. The number of carbonyl (C=O) groups is 3. The third kappa shape index (κ3) is 6.03. The van der Waals surface area contributed by atoms with Crippen molar-refractivity contribution in [3.05, 3.63) is 35.9 Å². The van der Waals surface area contributed by atoms with Gasteiger partial charge in [-0.1, -0.05) is 51.1 Å². The average Bonchev–Trinajstić information content (AvgIpc) is 3.06. The first-order chi connectivity index (χ1) is 13.6. The van der Waals surface area contributed by atoms with E-state index in [9.17, 15) is 19.5 Å². The third-order valence-corrected chi connectivity index (χ3v) is 4.72. The van der Waals surface area contributed by atoms with Crippen molar-refractivity contribution in [1.82, 2.24) is 10.2 Å². The Morgan fingerprint density at radius 3 is 2.55 bits per heavy atom. The van der Waals surface area contributed by atoms with Gasteiger partial charge in [0, 0.05) is 13.0 Å². The van der Waals surface area contributed by atoms with Crippen molar-refractivity contribution in [3.63, 3.8) is 0 Å². The van der Waals surface area contributed by atoms with Crippen LogP contribution in [-0.4, -0.2) is 52.5 Å². The van der Waals surface area contributed by atoms with E-state index in [1.54, 1.807) is 26.8 Å². The lowest BCUT2D eigenvalue weighted by Crippen LogP contribution is -2.56. The molecule has 1 aliphatic heterocycles. The molecule has 0 radical (unpaired) electrons. The number of rotatable bonds is 6. The van der Waals surface area contributed by atoms with Crippen molar-refractivity contribution in [3.8, 4) is 6.07 Å². The molecule has 0 unspecified atom stereocenters. The van der Waals surface area contributed by atoms with E-state index >= 15 is 0 Å². The van der Waals surface area contributed by atoms with Crippen LogP contribution in [0, 0.1) is 16.7 Å². The molecule has 2 amide bonds. The largest absolute Gasteiger partial charge is 0.459 e. The molecule has 0 bridgehead atoms. The summed E-state index contributed by atoms with van der Waals surface area (Å²) in [5.41, 5.74) is 0.155. The number of aliphatic hydroxyl groups excluding tert-OH is 1. The molecular weight excluding hydrogens is 374 g/mol. The van der Waals surface area contributed by atoms with Crippen molar-refractivity contribution in [2.75, 3.05) is 6.54 Å². The molecular formula is C21H27N3O5. The quantitative estimate of drug-likeness (QED) is 0.690. The maximum absolute atomic E-state index is 13.2. The van der Waals surface area contributed by atoms with Gasteiger partial charge in [0.05, 0.1) is 12.2 Å². The molecule has 1 aromatic carbocycles. The highest BCUT2D eigenvalue weighted by molar-refractivity contribution is 5.92. The van der Waals surface area contributed by atoms with Crippen LogP contribution in [0.5, 0.6) is 0 Å². The first-order valence-electron chi connectivity index (χ1n) is 9.49. The molecule has 1 aliphatic rings. The average molecular weight is 401 g/mol. The van der Waals surface area contributed by atoms with Crippen molar-refractivity contribution >= 4 is 17.8 Å². The molecule has 0 aliphatic carbocycles. The van der Waals surface area contributed by atoms with Gasteiger partial charge in [-0.3, -0.25) is 9.59 Å². The standard InChI is InChI=1S/C21H27N3O5/c1-21(2,3)18(23-17(26)9-10-22)19(27)24-12-15(25)11-16(24)20(28)29-13-14-7-5-4-6-8-14/h4-8,15-16,18,25H,9,11-13H2,1-3H3,(H,23,26)/t15-,16+,18-/m1/s1. The Kier molecular flexibility index (Phi) is 7.35. The molecule has 1 aromatic rings. The van der Waals surface area contributed by atoms with E-state index in [0.717, 1.165) is 5.56 Å². The summed E-state index contributed by atoms with van der Waals surface area (Å²) in [6.45, 7) is 5.37. The molecule has 8 heteroatoms. The molecule has 1 heterocycles. The van der Waals surface area contributed by atoms with Crippen LogP contribution in [0.15, 0.2) is 30.3 Å². The van der Waals surface area contributed by atoms with E-state index in [1.165, 1.54) is 4.90 Å². The van der Waals surface area contributed by atoms with Crippen LogP contribution in [0.1, 0.15) is 39.2 Å². The predicted octanol–water partition coefficient (Wildman–Crippen LogP) is 1.14. The molecule has 1 fully saturated rings. The first-order valence-corrected chi connectivity index (χ1v) is 9.49. The smallest absolute Gasteiger partial charge is 0.329 e. The molecule has 2 rings (SSSR count). The summed E-state index contributed by atoms with van der Waals surface area (Å²) >= 11 is 0. The summed E-state index contributed by atoms with van der Waals surface area (Å²) in [7, 11) is 0. The van der Waals surface area contributed by atoms with Crippen LogP contribution < -0.4 is 5.32 Å². The predicted molar refractivity (Wildman–Crippen MR) is 104 cm³/mol. The topological polar surface area (TPSA) is 120 Å². The third-order valence-electron chi connectivity index (χ3n) is 4.72. The molecule has 156 valence electrons. The van der Waals surface area contributed by atoms with Gasteiger partial charge in [-0.15, -0.1) is 0 Å². The second-order valence-electron chi connectivity index (χ2n) is 8.19. The number of nitrogens with one attached hydrogen (secondary N) is 1. The summed E-state index contributed by atoms with van der Waals surface area (Å²) in [5, 5.41) is 21.4. The number of likely N-dealkylation sites (tertiary alicyclic amines) is 1. The van der Waals surface area contributed by atoms with Crippen LogP contribution in [0.3, 0.4) is 0 Å². The number of β-amino-alcohol motifs (C(OH)–C–C–N with tert-alkyl or cyclic N) is 1. The minimum absolute atomic E-state index is 0.0232. The van der Waals surface area contributed by atoms with Gasteiger partial charge < -0.3 is 20.1 Å². The fourth-order valence-corrected chi connectivity index (χ4v) is 3.20. The Morgan fingerprint density at radius 2 is 1.97 bits per heavy atom. The Labute approximate surface area is 170 Å². The SMILES string of the molecule is CC(C)(C)[C@H](NC(=O)CC#N)C(=O)N1C[C@H](O)C[C@H]1C(=O)OCc1ccccc1. The van der Waals surface area contributed by atoms with E-state index in [0.29, 0.717) is 0 Å². The summed E-state index contributed by atoms with van der Waals surface area (Å²) < 4.78 is 5.35. The van der Waals surface area contributed by atoms with Gasteiger partial charge in [0.1, 0.15) is 25.1 Å². The van der Waals surface area contributed by atoms with Crippen LogP contribution >= 0.6 is 0 Å². The lowest BCUT2D eigenvalue weighted by molar-refractivity contribution is -0.156. The molecule has 3 atom stereocenters. The van der Waals surface area contributed by atoms with Crippen LogP contribution in [0.4, 0.5) is 0 Å². The Hall–Kier alpha value is -2.92. The number of amides is 2. The Balaban J connectivity index is 2.13. The molecule has 0 saturated carbocycles. The van der Waals surface area contributed by atoms with E-state index in [4.69, 9.17) is 10.00 Å². The number of hydrogen-bond acceptors (Lipinski definition) is 6. The zero-order valence-electron chi connectivity index (χ0n) is 16.9. The van der Waals surface area contributed by atoms with E-state index in [-0.39, 0.29) is 26.0 Å². The van der Waals surface area contributed by atoms with Crippen LogP contribution in [-0.2, 0) is 25.7 Å². The summed E-state index contributed by atoms with van der Waals surface area (Å²) in [6.07, 6.45) is -1.16. The highest BCUT2D eigenvalue weighted by Crippen LogP contribution is 2.26. The number of esters is 1. The number of benzene rings is 1. The van der Waals surface area contributed by atoms with E-state index in [2.05, 4.69) is 5.32 Å². The van der Waals surface area contributed by atoms with Gasteiger partial charge >= 0.3 is 5.97 Å². The number of nitrogens with zero attached hydrogens (tertiary/aromatic N) is 2. The van der Waals surface area contributed by atoms with Crippen LogP contribution in [0.25, 0.3) is 0 Å². The van der Waals surface area contributed by atoms with Gasteiger partial charge in [0.25, 0.3) is 0 Å². The fraction of sp³-hybridized carbons (Fsp3) is 0.524. The van der Waals surface area contributed by atoms with Crippen molar-refractivity contribution in [2.45, 2.75) is 58.4 Å². The van der Waals surface area contributed by atoms with Crippen molar-refractivity contribution < 1.29 is 24.2 Å². The van der Waals surface area contributed by atoms with E-state index < -0.39 is 41.4 Å². The minimum atomic E-state index is -0.946. The molecule has 1 saturated heterocycles. The first kappa shape index (κ1) is 22.4. The maximum atomic E-state index is 13.2. The lowest BCUT2D eigenvalue weighted by Gasteiger charge is -2.35. The van der Waals surface area contributed by atoms with Gasteiger partial charge in [-0.25, -0.2) is 4.79 Å². The monoisotopic (exact) mass is 401 g/mol. The Morgan fingerprint density at radius 1 is 1.31 bits per heavy atom. The summed E-state index contributed by atoms with van der Waals surface area (Å²) in [6, 6.07) is 9.02. The minimum Gasteiger partial charge on any atom is -0.459 e. The van der Waals surface area contributed by atoms with E-state index in [1.807, 2.05) is 30.3 Å². The molecule has 29 heavy (non-hydrogen) atoms. The van der Waals surface area contributed by atoms with Crippen LogP contribution in [0.2, 0.25) is 0 Å². The second-order valence-corrected chi connectivity index (χ2v) is 8.19. The Bertz CT molecular complexity index is 782. The zero-order valence-corrected chi connectivity index (χ0v) is 16.9. The molecule has 0 spiro atoms. The van der Waals surface area contributed by atoms with Crippen molar-refractivity contribution in [1.29, 1.82) is 5.26 Å². The normalized spacial score (nSPS) is 19.9. The highest BCUT2D eigenvalue weighted by atomic mass is 16.5. The zero-order chi connectivity index (χ0) is 21.6. The second kappa shape index (κ2) is 9.52. The van der Waals surface area contributed by atoms with Gasteiger partial charge in [-0.05, 0) is 11.0 Å². The molecule has 2 N–H and O–H groups in total. The fourth-order valence-electron chi connectivity index (χ4n) is 3.20. The van der Waals surface area contributed by atoms with Crippen molar-refractivity contribution in [2.24, 2.45) is 5.41 Å². The number of carbonyl (C=O) groups excluding carboxylic acids is 3. The molecule has 0 aromatic heterocycles. The van der Waals surface area contributed by atoms with Gasteiger partial charge in [0.2, 0.25) is 11.8 Å². The maximum Gasteiger partial charge on any atom is 0.329 e. The molecule has 8 nitrogen and oxygen atoms in total. The number of hydrogen-bond donors (Lipinski definition) is 2. The van der Waals surface area contributed by atoms with Gasteiger partial charge in [-0.2, -0.15) is 5.26 Å². The number of aliphatic hydroxyl groups is 1. The number of ether oxygens (including phenoxy) is 1. The van der Waals surface area contributed by atoms with Gasteiger partial charge in [0.15, 0.2) is 0 Å². The summed E-state index contributed by atoms with van der Waals surface area (Å²) in [4.78, 5) is 39.0. The lowest BCUT2D eigenvalue weighted by atomic mass is 9.85. The highest BCUT2D eigenvalue weighted by Gasteiger charge is 2.45.